The summed E-state index contributed by atoms with van der Waals surface area (Å²) in [6.07, 6.45) is 0. The third-order valence-electron chi connectivity index (χ3n) is 3.86. The van der Waals surface area contributed by atoms with Crippen LogP contribution >= 0.6 is 15.9 Å². The van der Waals surface area contributed by atoms with Gasteiger partial charge in [0.25, 0.3) is 0 Å². The molecule has 0 aliphatic carbocycles. The molecule has 1 rings (SSSR count). The zero-order valence-corrected chi connectivity index (χ0v) is 13.8. The van der Waals surface area contributed by atoms with E-state index in [1.165, 1.54) is 5.56 Å². The normalized spacial score (nSPS) is 14.7. The van der Waals surface area contributed by atoms with Crippen LogP contribution in [0.25, 0.3) is 0 Å². The predicted molar refractivity (Wildman–Crippen MR) is 81.1 cm³/mol. The van der Waals surface area contributed by atoms with E-state index < -0.39 is 0 Å². The second-order valence-electron chi connectivity index (χ2n) is 5.38. The zero-order valence-electron chi connectivity index (χ0n) is 12.2. The van der Waals surface area contributed by atoms with Crippen LogP contribution in [0.2, 0.25) is 0 Å². The van der Waals surface area contributed by atoms with E-state index in [-0.39, 0.29) is 6.04 Å². The van der Waals surface area contributed by atoms with Gasteiger partial charge in [-0.3, -0.25) is 0 Å². The number of halogens is 1. The second kappa shape index (κ2) is 6.07. The van der Waals surface area contributed by atoms with Gasteiger partial charge in [0.05, 0.1) is 7.11 Å². The summed E-state index contributed by atoms with van der Waals surface area (Å²) in [6.45, 7) is 10.8. The van der Waals surface area contributed by atoms with E-state index in [9.17, 15) is 0 Å². The summed E-state index contributed by atoms with van der Waals surface area (Å²) in [4.78, 5) is 0. The molecule has 2 atom stereocenters. The molecule has 1 aromatic rings. The number of rotatable bonds is 4. The molecule has 0 bridgehead atoms. The van der Waals surface area contributed by atoms with Gasteiger partial charge < -0.3 is 10.5 Å². The maximum absolute atomic E-state index is 6.45. The van der Waals surface area contributed by atoms with Crippen molar-refractivity contribution in [2.45, 2.75) is 40.7 Å². The van der Waals surface area contributed by atoms with Gasteiger partial charge in [-0.05, 0) is 42.9 Å². The summed E-state index contributed by atoms with van der Waals surface area (Å²) in [5, 5.41) is 0. The first-order chi connectivity index (χ1) is 8.31. The van der Waals surface area contributed by atoms with Crippen LogP contribution in [-0.4, -0.2) is 7.11 Å². The Labute approximate surface area is 119 Å². The molecule has 0 saturated heterocycles. The molecule has 0 amide bonds. The first-order valence-electron chi connectivity index (χ1n) is 6.40. The summed E-state index contributed by atoms with van der Waals surface area (Å²) in [5.74, 6) is 1.88. The van der Waals surface area contributed by atoms with E-state index in [2.05, 4.69) is 56.6 Å². The minimum Gasteiger partial charge on any atom is -0.496 e. The Hall–Kier alpha value is -0.540. The minimum absolute atomic E-state index is 0.00356. The van der Waals surface area contributed by atoms with Crippen molar-refractivity contribution in [2.24, 2.45) is 17.6 Å². The van der Waals surface area contributed by atoms with Gasteiger partial charge in [0.2, 0.25) is 0 Å². The molecule has 0 radical (unpaired) electrons. The molecule has 1 aromatic carbocycles. The topological polar surface area (TPSA) is 35.2 Å². The van der Waals surface area contributed by atoms with Crippen LogP contribution in [0.15, 0.2) is 10.5 Å². The van der Waals surface area contributed by atoms with E-state index in [4.69, 9.17) is 10.5 Å². The maximum Gasteiger partial charge on any atom is 0.126 e. The lowest BCUT2D eigenvalue weighted by Gasteiger charge is -2.28. The van der Waals surface area contributed by atoms with Gasteiger partial charge in [-0.15, -0.1) is 0 Å². The quantitative estimate of drug-likeness (QED) is 0.896. The Bertz CT molecular complexity index is 429. The molecule has 0 aromatic heterocycles. The highest BCUT2D eigenvalue weighted by molar-refractivity contribution is 9.10. The lowest BCUT2D eigenvalue weighted by molar-refractivity contribution is 0.336. The first kappa shape index (κ1) is 15.5. The van der Waals surface area contributed by atoms with Crippen molar-refractivity contribution in [1.29, 1.82) is 0 Å². The van der Waals surface area contributed by atoms with Crippen molar-refractivity contribution in [3.05, 3.63) is 27.2 Å². The third-order valence-corrected chi connectivity index (χ3v) is 4.69. The molecule has 0 spiro atoms. The summed E-state index contributed by atoms with van der Waals surface area (Å²) in [6, 6.07) is 2.08. The fraction of sp³-hybridized carbons (Fsp3) is 0.600. The number of ether oxygens (including phenoxy) is 1. The van der Waals surface area contributed by atoms with Crippen LogP contribution in [0.3, 0.4) is 0 Å². The molecular formula is C15H24BrNO. The third kappa shape index (κ3) is 2.89. The Morgan fingerprint density at radius 3 is 2.22 bits per heavy atom. The molecule has 2 nitrogen and oxygen atoms in total. The van der Waals surface area contributed by atoms with E-state index in [0.29, 0.717) is 11.8 Å². The van der Waals surface area contributed by atoms with Gasteiger partial charge in [0.15, 0.2) is 0 Å². The Balaban J connectivity index is 3.38. The highest BCUT2D eigenvalue weighted by atomic mass is 79.9. The summed E-state index contributed by atoms with van der Waals surface area (Å²) in [7, 11) is 1.71. The van der Waals surface area contributed by atoms with E-state index in [0.717, 1.165) is 21.3 Å². The molecule has 0 aliphatic heterocycles. The van der Waals surface area contributed by atoms with E-state index >= 15 is 0 Å². The molecule has 0 heterocycles. The van der Waals surface area contributed by atoms with Crippen molar-refractivity contribution in [2.75, 3.05) is 7.11 Å². The highest BCUT2D eigenvalue weighted by Crippen LogP contribution is 2.39. The number of aryl methyl sites for hydroxylation is 1. The average Bonchev–Trinajstić information content (AvgIpc) is 2.31. The SMILES string of the molecule is COc1c(C)cc(Br)c(C)c1C(N)C(C)C(C)C. The fourth-order valence-corrected chi connectivity index (χ4v) is 2.78. The predicted octanol–water partition coefficient (Wildman–Crippen LogP) is 4.37. The number of hydrogen-bond acceptors (Lipinski definition) is 2. The number of benzene rings is 1. The van der Waals surface area contributed by atoms with Crippen LogP contribution in [0.4, 0.5) is 0 Å². The second-order valence-corrected chi connectivity index (χ2v) is 6.23. The largest absolute Gasteiger partial charge is 0.496 e. The number of hydrogen-bond donors (Lipinski definition) is 1. The zero-order chi connectivity index (χ0) is 14.0. The van der Waals surface area contributed by atoms with Crippen LogP contribution < -0.4 is 10.5 Å². The van der Waals surface area contributed by atoms with Gasteiger partial charge in [0.1, 0.15) is 5.75 Å². The standard InChI is InChI=1S/C15H24BrNO/c1-8(2)10(4)14(17)13-11(5)12(16)7-9(3)15(13)18-6/h7-8,10,14H,17H2,1-6H3. The molecule has 102 valence electrons. The smallest absolute Gasteiger partial charge is 0.126 e. The first-order valence-corrected chi connectivity index (χ1v) is 7.19. The van der Waals surface area contributed by atoms with Gasteiger partial charge in [-0.25, -0.2) is 0 Å². The molecule has 18 heavy (non-hydrogen) atoms. The monoisotopic (exact) mass is 313 g/mol. The number of methoxy groups -OCH3 is 1. The summed E-state index contributed by atoms with van der Waals surface area (Å²) < 4.78 is 6.66. The maximum atomic E-state index is 6.45. The van der Waals surface area contributed by atoms with Crippen molar-refractivity contribution in [1.82, 2.24) is 0 Å². The Morgan fingerprint density at radius 1 is 1.22 bits per heavy atom. The molecular weight excluding hydrogens is 290 g/mol. The van der Waals surface area contributed by atoms with Gasteiger partial charge in [0, 0.05) is 16.1 Å². The number of nitrogens with two attached hydrogens (primary N) is 1. The van der Waals surface area contributed by atoms with Crippen molar-refractivity contribution >= 4 is 15.9 Å². The molecule has 0 saturated carbocycles. The molecule has 3 heteroatoms. The highest BCUT2D eigenvalue weighted by Gasteiger charge is 2.25. The van der Waals surface area contributed by atoms with Crippen LogP contribution in [-0.2, 0) is 0 Å². The lowest BCUT2D eigenvalue weighted by Crippen LogP contribution is -2.25. The van der Waals surface area contributed by atoms with E-state index in [1.807, 2.05) is 0 Å². The molecule has 2 N–H and O–H groups in total. The van der Waals surface area contributed by atoms with Crippen LogP contribution in [0, 0.1) is 25.7 Å². The summed E-state index contributed by atoms with van der Waals surface area (Å²) >= 11 is 3.60. The Morgan fingerprint density at radius 2 is 1.78 bits per heavy atom. The summed E-state index contributed by atoms with van der Waals surface area (Å²) in [5.41, 5.74) is 9.88. The van der Waals surface area contributed by atoms with Crippen molar-refractivity contribution in [3.8, 4) is 5.75 Å². The van der Waals surface area contributed by atoms with Gasteiger partial charge in [-0.1, -0.05) is 36.7 Å². The van der Waals surface area contributed by atoms with Crippen molar-refractivity contribution < 1.29 is 4.74 Å². The average molecular weight is 314 g/mol. The van der Waals surface area contributed by atoms with Crippen LogP contribution in [0.1, 0.15) is 43.5 Å². The van der Waals surface area contributed by atoms with Crippen LogP contribution in [0.5, 0.6) is 5.75 Å². The molecule has 0 aliphatic rings. The van der Waals surface area contributed by atoms with Gasteiger partial charge >= 0.3 is 0 Å². The minimum atomic E-state index is -0.00356. The van der Waals surface area contributed by atoms with Gasteiger partial charge in [-0.2, -0.15) is 0 Å². The fourth-order valence-electron chi connectivity index (χ4n) is 2.23. The lowest BCUT2D eigenvalue weighted by atomic mass is 9.84. The van der Waals surface area contributed by atoms with Crippen molar-refractivity contribution in [3.63, 3.8) is 0 Å². The van der Waals surface area contributed by atoms with E-state index in [1.54, 1.807) is 7.11 Å². The molecule has 0 fully saturated rings. The Kier molecular flexibility index (Phi) is 5.23. The molecule has 2 unspecified atom stereocenters.